The number of ether oxygens (including phenoxy) is 1. The van der Waals surface area contributed by atoms with E-state index in [1.165, 1.54) is 0 Å². The number of methoxy groups -OCH3 is 1. The summed E-state index contributed by atoms with van der Waals surface area (Å²) in [5.74, 6) is -0.00942. The minimum atomic E-state index is -0.298. The van der Waals surface area contributed by atoms with Gasteiger partial charge in [0.15, 0.2) is 0 Å². The summed E-state index contributed by atoms with van der Waals surface area (Å²) in [6.45, 7) is 3.91. The number of nitrogens with one attached hydrogen (secondary N) is 2. The Morgan fingerprint density at radius 2 is 1.90 bits per heavy atom. The van der Waals surface area contributed by atoms with Crippen LogP contribution < -0.4 is 16.4 Å². The van der Waals surface area contributed by atoms with Crippen molar-refractivity contribution < 1.29 is 14.3 Å². The second kappa shape index (κ2) is 10.6. The Morgan fingerprint density at radius 1 is 1.10 bits per heavy atom. The summed E-state index contributed by atoms with van der Waals surface area (Å²) in [6, 6.07) is 12.2. The molecule has 0 saturated heterocycles. The number of aromatic nitrogens is 2. The van der Waals surface area contributed by atoms with Crippen molar-refractivity contribution in [2.45, 2.75) is 32.7 Å². The molecule has 0 unspecified atom stereocenters. The minimum absolute atomic E-state index is 0.130. The summed E-state index contributed by atoms with van der Waals surface area (Å²) in [5.41, 5.74) is 8.78. The number of rotatable bonds is 10. The zero-order valence-electron chi connectivity index (χ0n) is 18.0. The zero-order valence-corrected chi connectivity index (χ0v) is 18.0. The highest BCUT2D eigenvalue weighted by Gasteiger charge is 2.16. The van der Waals surface area contributed by atoms with Gasteiger partial charge < -0.3 is 20.4 Å². The third kappa shape index (κ3) is 5.61. The van der Waals surface area contributed by atoms with Gasteiger partial charge in [-0.2, -0.15) is 0 Å². The van der Waals surface area contributed by atoms with E-state index in [-0.39, 0.29) is 11.8 Å². The molecule has 31 heavy (non-hydrogen) atoms. The zero-order chi connectivity index (χ0) is 22.2. The van der Waals surface area contributed by atoms with Gasteiger partial charge in [0.2, 0.25) is 5.95 Å². The molecule has 8 nitrogen and oxygen atoms in total. The quantitative estimate of drug-likeness (QED) is 0.342. The molecule has 0 radical (unpaired) electrons. The van der Waals surface area contributed by atoms with Gasteiger partial charge in [0.05, 0.1) is 11.0 Å². The molecule has 0 bridgehead atoms. The van der Waals surface area contributed by atoms with Crippen LogP contribution >= 0.6 is 0 Å². The molecule has 0 aliphatic heterocycles. The molecule has 0 aliphatic carbocycles. The Kier molecular flexibility index (Phi) is 7.61. The molecular formula is C23H29N5O3. The summed E-state index contributed by atoms with van der Waals surface area (Å²) in [7, 11) is 1.65. The van der Waals surface area contributed by atoms with Crippen LogP contribution in [0.15, 0.2) is 42.5 Å². The van der Waals surface area contributed by atoms with Gasteiger partial charge in [-0.25, -0.2) is 4.98 Å². The Morgan fingerprint density at radius 3 is 2.65 bits per heavy atom. The van der Waals surface area contributed by atoms with Crippen molar-refractivity contribution in [3.8, 4) is 0 Å². The number of anilines is 2. The van der Waals surface area contributed by atoms with Crippen molar-refractivity contribution in [3.63, 3.8) is 0 Å². The van der Waals surface area contributed by atoms with Crippen molar-refractivity contribution >= 4 is 34.5 Å². The lowest BCUT2D eigenvalue weighted by Gasteiger charge is -2.10. The second-order valence-corrected chi connectivity index (χ2v) is 7.33. The van der Waals surface area contributed by atoms with Crippen LogP contribution in [-0.4, -0.2) is 41.6 Å². The van der Waals surface area contributed by atoms with Gasteiger partial charge in [0.1, 0.15) is 0 Å². The molecule has 164 valence electrons. The van der Waals surface area contributed by atoms with Crippen molar-refractivity contribution in [1.82, 2.24) is 14.9 Å². The van der Waals surface area contributed by atoms with Gasteiger partial charge >= 0.3 is 0 Å². The fourth-order valence-electron chi connectivity index (χ4n) is 3.29. The van der Waals surface area contributed by atoms with E-state index in [2.05, 4.69) is 22.5 Å². The number of hydrogen-bond donors (Lipinski definition) is 3. The van der Waals surface area contributed by atoms with E-state index in [0.29, 0.717) is 48.0 Å². The lowest BCUT2D eigenvalue weighted by molar-refractivity contribution is 0.0952. The smallest absolute Gasteiger partial charge is 0.258 e. The Labute approximate surface area is 181 Å². The van der Waals surface area contributed by atoms with Gasteiger partial charge in [-0.3, -0.25) is 14.9 Å². The van der Waals surface area contributed by atoms with Crippen LogP contribution in [0, 0.1) is 0 Å². The maximum Gasteiger partial charge on any atom is 0.258 e. The maximum atomic E-state index is 12.7. The van der Waals surface area contributed by atoms with Crippen LogP contribution in [0.3, 0.4) is 0 Å². The van der Waals surface area contributed by atoms with E-state index in [4.69, 9.17) is 10.5 Å². The van der Waals surface area contributed by atoms with Gasteiger partial charge in [-0.15, -0.1) is 0 Å². The number of nitrogens with zero attached hydrogens (tertiary/aromatic N) is 2. The molecule has 0 fully saturated rings. The number of imidazole rings is 1. The summed E-state index contributed by atoms with van der Waals surface area (Å²) in [6.07, 6.45) is 2.70. The topological polar surface area (TPSA) is 111 Å². The number of carbonyl (C=O) groups excluding carboxylic acids is 2. The Hall–Kier alpha value is -3.39. The number of hydrogen-bond acceptors (Lipinski definition) is 5. The first-order valence-electron chi connectivity index (χ1n) is 10.5. The molecular weight excluding hydrogens is 394 g/mol. The predicted octanol–water partition coefficient (Wildman–Crippen LogP) is 3.44. The first-order valence-corrected chi connectivity index (χ1v) is 10.5. The molecule has 1 heterocycles. The highest BCUT2D eigenvalue weighted by atomic mass is 16.5. The van der Waals surface area contributed by atoms with Gasteiger partial charge in [0.25, 0.3) is 11.8 Å². The number of nitrogen functional groups attached to an aromatic ring is 1. The lowest BCUT2D eigenvalue weighted by Crippen LogP contribution is -2.24. The fourth-order valence-corrected chi connectivity index (χ4v) is 3.29. The molecule has 2 amide bonds. The molecule has 0 atom stereocenters. The summed E-state index contributed by atoms with van der Waals surface area (Å²) < 4.78 is 7.09. The predicted molar refractivity (Wildman–Crippen MR) is 122 cm³/mol. The minimum Gasteiger partial charge on any atom is -0.399 e. The molecule has 2 aromatic carbocycles. The molecule has 3 aromatic rings. The second-order valence-electron chi connectivity index (χ2n) is 7.33. The summed E-state index contributed by atoms with van der Waals surface area (Å²) in [4.78, 5) is 29.8. The third-order valence-corrected chi connectivity index (χ3v) is 4.93. The van der Waals surface area contributed by atoms with Crippen LogP contribution in [0.1, 0.15) is 46.9 Å². The van der Waals surface area contributed by atoms with E-state index in [0.717, 1.165) is 24.8 Å². The van der Waals surface area contributed by atoms with Gasteiger partial charge in [0, 0.05) is 43.6 Å². The average Bonchev–Trinajstić information content (AvgIpc) is 3.10. The first kappa shape index (κ1) is 22.3. The highest BCUT2D eigenvalue weighted by molar-refractivity contribution is 6.05. The Balaban J connectivity index is 1.89. The third-order valence-electron chi connectivity index (χ3n) is 4.93. The first-order chi connectivity index (χ1) is 15.0. The molecule has 0 saturated carbocycles. The van der Waals surface area contributed by atoms with E-state index >= 15 is 0 Å². The van der Waals surface area contributed by atoms with E-state index in [9.17, 15) is 9.59 Å². The maximum absolute atomic E-state index is 12.7. The molecule has 4 N–H and O–H groups in total. The molecule has 0 aliphatic rings. The van der Waals surface area contributed by atoms with Crippen LogP contribution in [-0.2, 0) is 11.3 Å². The van der Waals surface area contributed by atoms with Gasteiger partial charge in [-0.05, 0) is 49.2 Å². The van der Waals surface area contributed by atoms with Crippen LogP contribution in [0.2, 0.25) is 0 Å². The SMILES string of the molecule is CCCCNC(=O)c1ccc2c(c1)nc(NC(=O)c1cccc(N)c1)n2CCCOC. The van der Waals surface area contributed by atoms with Crippen LogP contribution in [0.4, 0.5) is 11.6 Å². The molecule has 3 rings (SSSR count). The number of aryl methyl sites for hydroxylation is 1. The number of benzene rings is 2. The lowest BCUT2D eigenvalue weighted by atomic mass is 10.2. The normalized spacial score (nSPS) is 10.9. The van der Waals surface area contributed by atoms with Crippen molar-refractivity contribution in [2.75, 3.05) is 31.3 Å². The molecule has 8 heteroatoms. The van der Waals surface area contributed by atoms with Crippen molar-refractivity contribution in [2.24, 2.45) is 0 Å². The van der Waals surface area contributed by atoms with Crippen LogP contribution in [0.25, 0.3) is 11.0 Å². The molecule has 0 spiro atoms. The Bertz CT molecular complexity index is 1060. The highest BCUT2D eigenvalue weighted by Crippen LogP contribution is 2.23. The van der Waals surface area contributed by atoms with E-state index in [1.807, 2.05) is 10.6 Å². The average molecular weight is 424 g/mol. The molecule has 1 aromatic heterocycles. The van der Waals surface area contributed by atoms with Crippen molar-refractivity contribution in [3.05, 3.63) is 53.6 Å². The number of fused-ring (bicyclic) bond motifs is 1. The fraction of sp³-hybridized carbons (Fsp3) is 0.348. The summed E-state index contributed by atoms with van der Waals surface area (Å²) in [5, 5.41) is 5.79. The monoisotopic (exact) mass is 423 g/mol. The van der Waals surface area contributed by atoms with Crippen LogP contribution in [0.5, 0.6) is 0 Å². The number of amides is 2. The van der Waals surface area contributed by atoms with E-state index < -0.39 is 0 Å². The number of carbonyl (C=O) groups is 2. The standard InChI is InChI=1S/C23H29N5O3/c1-3-4-11-25-21(29)17-9-10-20-19(15-17)26-23(28(20)12-6-13-31-2)27-22(30)16-7-5-8-18(24)14-16/h5,7-10,14-15H,3-4,6,11-13,24H2,1-2H3,(H,25,29)(H,26,27,30). The van der Waals surface area contributed by atoms with Crippen molar-refractivity contribution in [1.29, 1.82) is 0 Å². The van der Waals surface area contributed by atoms with Gasteiger partial charge in [-0.1, -0.05) is 19.4 Å². The largest absolute Gasteiger partial charge is 0.399 e. The van der Waals surface area contributed by atoms with E-state index in [1.54, 1.807) is 43.5 Å². The summed E-state index contributed by atoms with van der Waals surface area (Å²) >= 11 is 0. The number of unbranched alkanes of at least 4 members (excludes halogenated alkanes) is 1. The number of nitrogens with two attached hydrogens (primary N) is 1.